The van der Waals surface area contributed by atoms with Gasteiger partial charge in [-0.05, 0) is 53.5 Å². The second-order valence-electron chi connectivity index (χ2n) is 4.92. The molecule has 1 unspecified atom stereocenters. The van der Waals surface area contributed by atoms with E-state index in [0.29, 0.717) is 5.56 Å². The van der Waals surface area contributed by atoms with Gasteiger partial charge >= 0.3 is 0 Å². The minimum absolute atomic E-state index is 0.286. The fraction of sp³-hybridized carbons (Fsp3) is 0.333. The van der Waals surface area contributed by atoms with E-state index in [1.807, 2.05) is 6.07 Å². The van der Waals surface area contributed by atoms with Gasteiger partial charge in [-0.2, -0.15) is 5.10 Å². The van der Waals surface area contributed by atoms with Crippen LogP contribution in [-0.4, -0.2) is 22.2 Å². The molecule has 2 aromatic rings. The summed E-state index contributed by atoms with van der Waals surface area (Å²) in [7, 11) is 0. The number of carbonyl (C=O) groups excluding carboxylic acids is 1. The van der Waals surface area contributed by atoms with Crippen molar-refractivity contribution in [3.8, 4) is 5.69 Å². The summed E-state index contributed by atoms with van der Waals surface area (Å²) in [4.78, 5) is 11.1. The predicted molar refractivity (Wildman–Crippen MR) is 86.5 cm³/mol. The van der Waals surface area contributed by atoms with E-state index in [1.54, 1.807) is 10.9 Å². The van der Waals surface area contributed by atoms with Crippen molar-refractivity contribution in [2.24, 2.45) is 5.73 Å². The van der Waals surface area contributed by atoms with Crippen LogP contribution in [0.5, 0.6) is 0 Å². The number of nitrogens with two attached hydrogens (primary N) is 1. The van der Waals surface area contributed by atoms with Gasteiger partial charge in [-0.1, -0.05) is 13.0 Å². The lowest BCUT2D eigenvalue weighted by Gasteiger charge is -2.15. The second kappa shape index (κ2) is 6.87. The molecular weight excluding hydrogens is 332 g/mol. The quantitative estimate of drug-likeness (QED) is 0.841. The van der Waals surface area contributed by atoms with Gasteiger partial charge in [0.15, 0.2) is 0 Å². The van der Waals surface area contributed by atoms with Crippen LogP contribution < -0.4 is 11.1 Å². The summed E-state index contributed by atoms with van der Waals surface area (Å²) in [5.74, 6) is -0.480. The molecule has 112 valence electrons. The minimum Gasteiger partial charge on any atom is -0.366 e. The van der Waals surface area contributed by atoms with Crippen LogP contribution in [0, 0.1) is 0 Å². The molecule has 0 saturated heterocycles. The van der Waals surface area contributed by atoms with Gasteiger partial charge in [0.25, 0.3) is 5.91 Å². The molecular formula is C15H19BrN4O. The molecule has 1 heterocycles. The number of halogens is 1. The zero-order valence-corrected chi connectivity index (χ0v) is 13.7. The van der Waals surface area contributed by atoms with Gasteiger partial charge in [0.1, 0.15) is 0 Å². The summed E-state index contributed by atoms with van der Waals surface area (Å²) in [5.41, 5.74) is 7.70. The van der Waals surface area contributed by atoms with E-state index < -0.39 is 5.91 Å². The molecule has 0 radical (unpaired) electrons. The minimum atomic E-state index is -0.480. The zero-order chi connectivity index (χ0) is 15.4. The van der Waals surface area contributed by atoms with Crippen LogP contribution in [-0.2, 0) is 0 Å². The van der Waals surface area contributed by atoms with E-state index in [1.165, 1.54) is 11.8 Å². The third kappa shape index (κ3) is 3.71. The summed E-state index contributed by atoms with van der Waals surface area (Å²) in [6, 6.07) is 6.38. The average Bonchev–Trinajstić information content (AvgIpc) is 2.94. The number of hydrogen-bond donors (Lipinski definition) is 2. The van der Waals surface area contributed by atoms with Crippen molar-refractivity contribution < 1.29 is 4.79 Å². The van der Waals surface area contributed by atoms with Gasteiger partial charge in [-0.25, -0.2) is 4.68 Å². The SMILES string of the molecule is CCCNC(C)c1ccc(-n2cc(C(N)=O)cn2)c(Br)c1. The second-order valence-corrected chi connectivity index (χ2v) is 5.78. The molecule has 1 aromatic heterocycles. The first-order chi connectivity index (χ1) is 10.0. The van der Waals surface area contributed by atoms with Gasteiger partial charge in [0.05, 0.1) is 17.4 Å². The fourth-order valence-electron chi connectivity index (χ4n) is 2.04. The first kappa shape index (κ1) is 15.7. The van der Waals surface area contributed by atoms with Crippen molar-refractivity contribution in [2.75, 3.05) is 6.54 Å². The van der Waals surface area contributed by atoms with Crippen molar-refractivity contribution in [1.29, 1.82) is 0 Å². The molecule has 1 aromatic carbocycles. The number of hydrogen-bond acceptors (Lipinski definition) is 3. The number of nitrogens with zero attached hydrogens (tertiary/aromatic N) is 2. The lowest BCUT2D eigenvalue weighted by Crippen LogP contribution is -2.19. The molecule has 0 aliphatic carbocycles. The van der Waals surface area contributed by atoms with E-state index in [0.717, 1.165) is 23.1 Å². The lowest BCUT2D eigenvalue weighted by atomic mass is 10.1. The van der Waals surface area contributed by atoms with Gasteiger partial charge in [0.2, 0.25) is 0 Å². The van der Waals surface area contributed by atoms with Crippen LogP contribution in [0.2, 0.25) is 0 Å². The van der Waals surface area contributed by atoms with Crippen LogP contribution in [0.4, 0.5) is 0 Å². The molecule has 1 atom stereocenters. The summed E-state index contributed by atoms with van der Waals surface area (Å²) >= 11 is 3.56. The van der Waals surface area contributed by atoms with Crippen molar-refractivity contribution in [3.63, 3.8) is 0 Å². The Morgan fingerprint density at radius 1 is 1.52 bits per heavy atom. The molecule has 0 saturated carbocycles. The first-order valence-electron chi connectivity index (χ1n) is 6.90. The lowest BCUT2D eigenvalue weighted by molar-refractivity contribution is 0.100. The largest absolute Gasteiger partial charge is 0.366 e. The number of nitrogens with one attached hydrogen (secondary N) is 1. The van der Waals surface area contributed by atoms with Crippen molar-refractivity contribution in [3.05, 3.63) is 46.2 Å². The third-order valence-electron chi connectivity index (χ3n) is 3.29. The van der Waals surface area contributed by atoms with Crippen molar-refractivity contribution in [2.45, 2.75) is 26.3 Å². The maximum absolute atomic E-state index is 11.1. The van der Waals surface area contributed by atoms with E-state index in [4.69, 9.17) is 5.73 Å². The standard InChI is InChI=1S/C15H19BrN4O/c1-3-6-18-10(2)11-4-5-14(13(16)7-11)20-9-12(8-19-20)15(17)21/h4-5,7-10,18H,3,6H2,1-2H3,(H2,17,21). The Hall–Kier alpha value is -1.66. The number of benzene rings is 1. The van der Waals surface area contributed by atoms with Crippen LogP contribution >= 0.6 is 15.9 Å². The van der Waals surface area contributed by atoms with E-state index in [-0.39, 0.29) is 6.04 Å². The first-order valence-corrected chi connectivity index (χ1v) is 7.70. The smallest absolute Gasteiger partial charge is 0.251 e. The maximum atomic E-state index is 11.1. The highest BCUT2D eigenvalue weighted by molar-refractivity contribution is 9.10. The monoisotopic (exact) mass is 350 g/mol. The molecule has 0 aliphatic heterocycles. The Labute approximate surface area is 132 Å². The number of rotatable bonds is 6. The molecule has 0 bridgehead atoms. The normalized spacial score (nSPS) is 12.3. The highest BCUT2D eigenvalue weighted by atomic mass is 79.9. The van der Waals surface area contributed by atoms with Gasteiger partial charge in [0, 0.05) is 16.7 Å². The van der Waals surface area contributed by atoms with Gasteiger partial charge < -0.3 is 11.1 Å². The van der Waals surface area contributed by atoms with Gasteiger partial charge in [-0.15, -0.1) is 0 Å². The molecule has 0 spiro atoms. The zero-order valence-electron chi connectivity index (χ0n) is 12.1. The Bertz CT molecular complexity index is 638. The highest BCUT2D eigenvalue weighted by Gasteiger charge is 2.11. The van der Waals surface area contributed by atoms with Crippen LogP contribution in [0.15, 0.2) is 35.1 Å². The predicted octanol–water partition coefficient (Wildman–Crippen LogP) is 2.79. The van der Waals surface area contributed by atoms with Crippen LogP contribution in [0.1, 0.15) is 42.2 Å². The summed E-state index contributed by atoms with van der Waals surface area (Å²) < 4.78 is 2.56. The highest BCUT2D eigenvalue weighted by Crippen LogP contribution is 2.25. The summed E-state index contributed by atoms with van der Waals surface area (Å²) in [6.45, 7) is 5.27. The van der Waals surface area contributed by atoms with Crippen LogP contribution in [0.25, 0.3) is 5.69 Å². The average molecular weight is 351 g/mol. The number of primary amides is 1. The topological polar surface area (TPSA) is 72.9 Å². The van der Waals surface area contributed by atoms with E-state index in [9.17, 15) is 4.79 Å². The molecule has 0 aliphatic rings. The molecule has 5 nitrogen and oxygen atoms in total. The van der Waals surface area contributed by atoms with Crippen molar-refractivity contribution in [1.82, 2.24) is 15.1 Å². The Morgan fingerprint density at radius 3 is 2.86 bits per heavy atom. The molecule has 0 fully saturated rings. The Balaban J connectivity index is 2.24. The van der Waals surface area contributed by atoms with E-state index in [2.05, 4.69) is 52.3 Å². The summed E-state index contributed by atoms with van der Waals surface area (Å²) in [6.07, 6.45) is 4.20. The number of amides is 1. The molecule has 21 heavy (non-hydrogen) atoms. The number of carbonyl (C=O) groups is 1. The van der Waals surface area contributed by atoms with E-state index >= 15 is 0 Å². The number of aromatic nitrogens is 2. The van der Waals surface area contributed by atoms with Crippen LogP contribution in [0.3, 0.4) is 0 Å². The molecule has 3 N–H and O–H groups in total. The maximum Gasteiger partial charge on any atom is 0.251 e. The third-order valence-corrected chi connectivity index (χ3v) is 3.92. The Morgan fingerprint density at radius 2 is 2.29 bits per heavy atom. The molecule has 2 rings (SSSR count). The van der Waals surface area contributed by atoms with Gasteiger partial charge in [-0.3, -0.25) is 4.79 Å². The Kier molecular flexibility index (Phi) is 5.14. The van der Waals surface area contributed by atoms with Crippen molar-refractivity contribution >= 4 is 21.8 Å². The molecule has 6 heteroatoms. The summed E-state index contributed by atoms with van der Waals surface area (Å²) in [5, 5.41) is 7.61. The fourth-order valence-corrected chi connectivity index (χ4v) is 2.62. The molecule has 1 amide bonds.